The number of carbonyl (C=O) groups is 1. The van der Waals surface area contributed by atoms with Crippen molar-refractivity contribution in [2.75, 3.05) is 24.6 Å². The Bertz CT molecular complexity index is 1150. The minimum absolute atomic E-state index is 0.0967. The smallest absolute Gasteiger partial charge is 0.339 e. The van der Waals surface area contributed by atoms with Crippen LogP contribution in [0.25, 0.3) is 11.0 Å². The van der Waals surface area contributed by atoms with Crippen LogP contribution in [0.1, 0.15) is 29.5 Å². The van der Waals surface area contributed by atoms with E-state index in [0.29, 0.717) is 16.9 Å². The lowest BCUT2D eigenvalue weighted by atomic mass is 10.0. The summed E-state index contributed by atoms with van der Waals surface area (Å²) in [5.74, 6) is 1.24. The molecule has 1 N–H and O–H groups in total. The quantitative estimate of drug-likeness (QED) is 0.631. The zero-order valence-corrected chi connectivity index (χ0v) is 18.0. The standard InChI is InChI=1S/C23H26N4O4/c1-14-11-18(22-15(2)16(3)23(29)31-19(22)12-14)30-13-21(28)25-17-6-9-27(10-7-17)20-5-4-8-24-26-20/h4-5,8,11-12,17H,6-7,9-10,13H2,1-3H3,(H,25,28). The lowest BCUT2D eigenvalue weighted by Crippen LogP contribution is -2.46. The largest absolute Gasteiger partial charge is 0.483 e. The van der Waals surface area contributed by atoms with Crippen molar-refractivity contribution in [3.8, 4) is 5.75 Å². The number of hydrogen-bond donors (Lipinski definition) is 1. The predicted molar refractivity (Wildman–Crippen MR) is 118 cm³/mol. The normalized spacial score (nSPS) is 14.6. The lowest BCUT2D eigenvalue weighted by molar-refractivity contribution is -0.123. The Kier molecular flexibility index (Phi) is 5.88. The molecule has 3 aromatic rings. The Hall–Kier alpha value is -3.42. The number of piperidine rings is 1. The SMILES string of the molecule is Cc1cc(OCC(=O)NC2CCN(c3cccnn3)CC2)c2c(C)c(C)c(=O)oc2c1. The van der Waals surface area contributed by atoms with Crippen LogP contribution >= 0.6 is 0 Å². The number of nitrogens with zero attached hydrogens (tertiary/aromatic N) is 3. The molecule has 0 bridgehead atoms. The zero-order valence-electron chi connectivity index (χ0n) is 18.0. The summed E-state index contributed by atoms with van der Waals surface area (Å²) in [7, 11) is 0. The summed E-state index contributed by atoms with van der Waals surface area (Å²) in [6, 6.07) is 7.58. The maximum Gasteiger partial charge on any atom is 0.339 e. The molecule has 0 spiro atoms. The molecule has 0 radical (unpaired) electrons. The van der Waals surface area contributed by atoms with E-state index < -0.39 is 0 Å². The minimum atomic E-state index is -0.355. The number of rotatable bonds is 5. The van der Waals surface area contributed by atoms with Gasteiger partial charge in [0.15, 0.2) is 12.4 Å². The number of ether oxygens (including phenoxy) is 1. The Morgan fingerprint density at radius 1 is 1.23 bits per heavy atom. The molecule has 3 heterocycles. The van der Waals surface area contributed by atoms with E-state index >= 15 is 0 Å². The van der Waals surface area contributed by atoms with Gasteiger partial charge in [0.25, 0.3) is 5.91 Å². The number of anilines is 1. The van der Waals surface area contributed by atoms with Crippen molar-refractivity contribution in [2.45, 2.75) is 39.7 Å². The Morgan fingerprint density at radius 3 is 2.71 bits per heavy atom. The summed E-state index contributed by atoms with van der Waals surface area (Å²) in [5.41, 5.74) is 2.36. The second-order valence-electron chi connectivity index (χ2n) is 7.98. The van der Waals surface area contributed by atoms with Gasteiger partial charge in [-0.15, -0.1) is 5.10 Å². The van der Waals surface area contributed by atoms with E-state index in [2.05, 4.69) is 20.4 Å². The second-order valence-corrected chi connectivity index (χ2v) is 7.98. The number of nitrogens with one attached hydrogen (secondary N) is 1. The summed E-state index contributed by atoms with van der Waals surface area (Å²) in [5, 5.41) is 11.9. The van der Waals surface area contributed by atoms with Gasteiger partial charge < -0.3 is 19.4 Å². The molecule has 162 valence electrons. The average Bonchev–Trinajstić information content (AvgIpc) is 2.77. The van der Waals surface area contributed by atoms with E-state index in [1.54, 1.807) is 19.2 Å². The summed E-state index contributed by atoms with van der Waals surface area (Å²) < 4.78 is 11.3. The lowest BCUT2D eigenvalue weighted by Gasteiger charge is -2.32. The zero-order chi connectivity index (χ0) is 22.0. The fraction of sp³-hybridized carbons (Fsp3) is 0.391. The van der Waals surface area contributed by atoms with Crippen molar-refractivity contribution >= 4 is 22.7 Å². The molecular weight excluding hydrogens is 396 g/mol. The molecule has 1 aliphatic rings. The van der Waals surface area contributed by atoms with Gasteiger partial charge in [-0.05, 0) is 69.0 Å². The first kappa shape index (κ1) is 20.8. The average molecular weight is 422 g/mol. The predicted octanol–water partition coefficient (Wildman–Crippen LogP) is 2.67. The van der Waals surface area contributed by atoms with Gasteiger partial charge in [0.1, 0.15) is 11.3 Å². The van der Waals surface area contributed by atoms with Crippen molar-refractivity contribution in [1.29, 1.82) is 0 Å². The van der Waals surface area contributed by atoms with Crippen molar-refractivity contribution in [1.82, 2.24) is 15.5 Å². The van der Waals surface area contributed by atoms with E-state index in [-0.39, 0.29) is 24.2 Å². The molecule has 0 unspecified atom stereocenters. The van der Waals surface area contributed by atoms with Gasteiger partial charge >= 0.3 is 5.63 Å². The number of carbonyl (C=O) groups excluding carboxylic acids is 1. The molecule has 1 saturated heterocycles. The van der Waals surface area contributed by atoms with Gasteiger partial charge in [0.2, 0.25) is 0 Å². The molecule has 0 saturated carbocycles. The second kappa shape index (κ2) is 8.75. The fourth-order valence-corrected chi connectivity index (χ4v) is 3.93. The molecule has 0 aliphatic carbocycles. The van der Waals surface area contributed by atoms with E-state index in [0.717, 1.165) is 48.3 Å². The Labute approximate surface area is 180 Å². The maximum atomic E-state index is 12.5. The highest BCUT2D eigenvalue weighted by molar-refractivity contribution is 5.88. The topological polar surface area (TPSA) is 97.6 Å². The van der Waals surface area contributed by atoms with Crippen LogP contribution in [0.15, 0.2) is 39.7 Å². The Morgan fingerprint density at radius 2 is 2.00 bits per heavy atom. The van der Waals surface area contributed by atoms with Crippen molar-refractivity contribution in [3.05, 3.63) is 57.6 Å². The third kappa shape index (κ3) is 4.52. The monoisotopic (exact) mass is 422 g/mol. The molecule has 0 atom stereocenters. The molecule has 8 heteroatoms. The van der Waals surface area contributed by atoms with Crippen molar-refractivity contribution in [2.24, 2.45) is 0 Å². The minimum Gasteiger partial charge on any atom is -0.483 e. The summed E-state index contributed by atoms with van der Waals surface area (Å²) >= 11 is 0. The molecule has 4 rings (SSSR count). The number of hydrogen-bond acceptors (Lipinski definition) is 7. The van der Waals surface area contributed by atoms with Gasteiger partial charge in [-0.25, -0.2) is 4.79 Å². The first-order chi connectivity index (χ1) is 14.9. The number of aryl methyl sites for hydroxylation is 2. The molecular formula is C23H26N4O4. The van der Waals surface area contributed by atoms with Crippen LogP contribution in [-0.4, -0.2) is 41.8 Å². The fourth-order valence-electron chi connectivity index (χ4n) is 3.93. The van der Waals surface area contributed by atoms with Crippen LogP contribution < -0.4 is 20.6 Å². The first-order valence-corrected chi connectivity index (χ1v) is 10.4. The van der Waals surface area contributed by atoms with Crippen LogP contribution in [-0.2, 0) is 4.79 Å². The van der Waals surface area contributed by atoms with E-state index in [1.165, 1.54) is 0 Å². The van der Waals surface area contributed by atoms with E-state index in [9.17, 15) is 9.59 Å². The number of benzene rings is 1. The third-order valence-electron chi connectivity index (χ3n) is 5.76. The van der Waals surface area contributed by atoms with Crippen LogP contribution in [0.2, 0.25) is 0 Å². The molecule has 2 aromatic heterocycles. The first-order valence-electron chi connectivity index (χ1n) is 10.4. The molecule has 1 aromatic carbocycles. The maximum absolute atomic E-state index is 12.5. The highest BCUT2D eigenvalue weighted by Gasteiger charge is 2.22. The van der Waals surface area contributed by atoms with E-state index in [4.69, 9.17) is 9.15 Å². The Balaban J connectivity index is 1.38. The van der Waals surface area contributed by atoms with E-state index in [1.807, 2.05) is 32.0 Å². The highest BCUT2D eigenvalue weighted by Crippen LogP contribution is 2.30. The summed E-state index contributed by atoms with van der Waals surface area (Å²) in [6.07, 6.45) is 3.32. The van der Waals surface area contributed by atoms with Crippen LogP contribution in [0.3, 0.4) is 0 Å². The van der Waals surface area contributed by atoms with Crippen molar-refractivity contribution < 1.29 is 13.9 Å². The molecule has 31 heavy (non-hydrogen) atoms. The van der Waals surface area contributed by atoms with Gasteiger partial charge in [-0.1, -0.05) is 0 Å². The highest BCUT2D eigenvalue weighted by atomic mass is 16.5. The third-order valence-corrected chi connectivity index (χ3v) is 5.76. The summed E-state index contributed by atoms with van der Waals surface area (Å²) in [4.78, 5) is 26.7. The number of amides is 1. The molecule has 1 aliphatic heterocycles. The summed E-state index contributed by atoms with van der Waals surface area (Å²) in [6.45, 7) is 7.01. The van der Waals surface area contributed by atoms with Gasteiger partial charge in [-0.3, -0.25) is 4.79 Å². The molecule has 1 amide bonds. The molecule has 1 fully saturated rings. The van der Waals surface area contributed by atoms with Gasteiger partial charge in [-0.2, -0.15) is 5.10 Å². The van der Waals surface area contributed by atoms with Gasteiger partial charge in [0, 0.05) is 30.9 Å². The number of aromatic nitrogens is 2. The van der Waals surface area contributed by atoms with Crippen LogP contribution in [0.4, 0.5) is 5.82 Å². The van der Waals surface area contributed by atoms with Crippen LogP contribution in [0.5, 0.6) is 5.75 Å². The van der Waals surface area contributed by atoms with Crippen molar-refractivity contribution in [3.63, 3.8) is 0 Å². The van der Waals surface area contributed by atoms with Crippen LogP contribution in [0, 0.1) is 20.8 Å². The number of fused-ring (bicyclic) bond motifs is 1. The van der Waals surface area contributed by atoms with Gasteiger partial charge in [0.05, 0.1) is 5.39 Å². The molecule has 8 nitrogen and oxygen atoms in total.